The molecule has 0 aliphatic heterocycles. The van der Waals surface area contributed by atoms with Gasteiger partial charge in [0.15, 0.2) is 0 Å². The lowest BCUT2D eigenvalue weighted by Crippen LogP contribution is -2.60. The minimum atomic E-state index is -0.452. The molecule has 0 spiro atoms. The van der Waals surface area contributed by atoms with Crippen LogP contribution in [0.15, 0.2) is 0 Å². The van der Waals surface area contributed by atoms with Crippen LogP contribution in [0, 0.1) is 11.8 Å². The largest absolute Gasteiger partial charge is 0.313 e. The van der Waals surface area contributed by atoms with E-state index in [1.165, 1.54) is 19.3 Å². The quantitative estimate of drug-likeness (QED) is 0.491. The summed E-state index contributed by atoms with van der Waals surface area (Å²) in [4.78, 5) is 0. The Morgan fingerprint density at radius 3 is 1.94 bits per heavy atom. The zero-order valence-corrected chi connectivity index (χ0v) is 10.1. The first kappa shape index (κ1) is 12.3. The van der Waals surface area contributed by atoms with Gasteiger partial charge in [-0.1, -0.05) is 12.8 Å². The van der Waals surface area contributed by atoms with Crippen molar-refractivity contribution in [3.05, 3.63) is 0 Å². The van der Waals surface area contributed by atoms with E-state index in [1.807, 2.05) is 0 Å². The van der Waals surface area contributed by atoms with Crippen LogP contribution in [0.5, 0.6) is 0 Å². The van der Waals surface area contributed by atoms with Crippen LogP contribution in [-0.4, -0.2) is 11.3 Å². The molecule has 1 atom stereocenters. The highest BCUT2D eigenvalue weighted by atomic mass is 15.0. The Morgan fingerprint density at radius 1 is 0.750 bits per heavy atom. The summed E-state index contributed by atoms with van der Waals surface area (Å²) in [6.45, 7) is 0. The van der Waals surface area contributed by atoms with Crippen LogP contribution in [0.3, 0.4) is 0 Å². The van der Waals surface area contributed by atoms with Gasteiger partial charge in [-0.05, 0) is 50.4 Å². The van der Waals surface area contributed by atoms with Crippen molar-refractivity contribution in [1.29, 1.82) is 0 Å². The maximum absolute atomic E-state index is 6.24. The number of nitrogens with two attached hydrogens (primary N) is 4. The number of hydrogen-bond acceptors (Lipinski definition) is 4. The molecule has 0 saturated heterocycles. The Morgan fingerprint density at radius 2 is 1.38 bits per heavy atom. The van der Waals surface area contributed by atoms with E-state index in [2.05, 4.69) is 0 Å². The van der Waals surface area contributed by atoms with Gasteiger partial charge < -0.3 is 22.9 Å². The molecule has 0 aromatic carbocycles. The predicted octanol–water partition coefficient (Wildman–Crippen LogP) is 0.594. The summed E-state index contributed by atoms with van der Waals surface area (Å²) in [5.74, 6) is 1.10. The Labute approximate surface area is 98.1 Å². The maximum atomic E-state index is 6.24. The molecule has 4 heteroatoms. The fourth-order valence-electron chi connectivity index (χ4n) is 3.50. The molecular formula is C12H26N4. The van der Waals surface area contributed by atoms with Gasteiger partial charge in [0.25, 0.3) is 0 Å². The van der Waals surface area contributed by atoms with Crippen LogP contribution >= 0.6 is 0 Å². The predicted molar refractivity (Wildman–Crippen MR) is 66.1 cm³/mol. The number of hydrogen-bond donors (Lipinski definition) is 4. The number of rotatable bonds is 1. The van der Waals surface area contributed by atoms with Crippen molar-refractivity contribution in [1.82, 2.24) is 0 Å². The molecule has 2 rings (SSSR count). The monoisotopic (exact) mass is 226 g/mol. The van der Waals surface area contributed by atoms with Crippen molar-refractivity contribution in [2.45, 2.75) is 62.7 Å². The van der Waals surface area contributed by atoms with Gasteiger partial charge in [0.05, 0.1) is 11.3 Å². The van der Waals surface area contributed by atoms with Crippen molar-refractivity contribution < 1.29 is 0 Å². The van der Waals surface area contributed by atoms with Crippen molar-refractivity contribution in [2.24, 2.45) is 34.8 Å². The average molecular weight is 226 g/mol. The minimum Gasteiger partial charge on any atom is -0.313 e. The second kappa shape index (κ2) is 4.26. The fraction of sp³-hybridized carbons (Fsp3) is 1.00. The van der Waals surface area contributed by atoms with Crippen molar-refractivity contribution in [2.75, 3.05) is 0 Å². The van der Waals surface area contributed by atoms with Crippen LogP contribution < -0.4 is 22.9 Å². The summed E-state index contributed by atoms with van der Waals surface area (Å²) in [6, 6.07) is 0. The molecular weight excluding hydrogens is 200 g/mol. The van der Waals surface area contributed by atoms with E-state index in [9.17, 15) is 0 Å². The van der Waals surface area contributed by atoms with Gasteiger partial charge in [-0.25, -0.2) is 0 Å². The smallest absolute Gasteiger partial charge is 0.0668 e. The summed E-state index contributed by atoms with van der Waals surface area (Å²) < 4.78 is 0. The van der Waals surface area contributed by atoms with Crippen molar-refractivity contribution in [3.63, 3.8) is 0 Å². The zero-order valence-electron chi connectivity index (χ0n) is 10.1. The van der Waals surface area contributed by atoms with Gasteiger partial charge in [0.1, 0.15) is 0 Å². The lowest BCUT2D eigenvalue weighted by atomic mass is 9.67. The lowest BCUT2D eigenvalue weighted by molar-refractivity contribution is 0.0855. The van der Waals surface area contributed by atoms with Crippen LogP contribution in [-0.2, 0) is 0 Å². The molecule has 2 aliphatic rings. The van der Waals surface area contributed by atoms with E-state index in [0.29, 0.717) is 11.8 Å². The van der Waals surface area contributed by atoms with Crippen LogP contribution in [0.1, 0.15) is 51.4 Å². The van der Waals surface area contributed by atoms with Gasteiger partial charge in [0.2, 0.25) is 0 Å². The third-order valence-corrected chi connectivity index (χ3v) is 4.60. The van der Waals surface area contributed by atoms with Gasteiger partial charge in [-0.2, -0.15) is 0 Å². The second-order valence-corrected chi connectivity index (χ2v) is 6.04. The maximum Gasteiger partial charge on any atom is 0.0668 e. The molecule has 0 aromatic rings. The highest BCUT2D eigenvalue weighted by Crippen LogP contribution is 2.41. The van der Waals surface area contributed by atoms with Gasteiger partial charge in [-0.3, -0.25) is 0 Å². The summed E-state index contributed by atoms with van der Waals surface area (Å²) in [6.07, 6.45) is 8.59. The standard InChI is InChI=1S/C12H26N4/c13-11(14)7-4-9(5-8-11)10-3-1-2-6-12(10,15)16/h9-10H,1-8,13-16H2. The highest BCUT2D eigenvalue weighted by Gasteiger charge is 2.41. The second-order valence-electron chi connectivity index (χ2n) is 6.04. The topological polar surface area (TPSA) is 104 Å². The molecule has 1 unspecified atom stereocenters. The molecule has 94 valence electrons. The Bertz CT molecular complexity index is 239. The van der Waals surface area contributed by atoms with Crippen LogP contribution in [0.4, 0.5) is 0 Å². The Balaban J connectivity index is 1.97. The van der Waals surface area contributed by atoms with Crippen molar-refractivity contribution >= 4 is 0 Å². The first-order valence-electron chi connectivity index (χ1n) is 6.56. The molecule has 0 amide bonds. The Hall–Kier alpha value is -0.160. The SMILES string of the molecule is NC1(N)CCC(C2CCCCC2(N)N)CC1. The molecule has 2 aliphatic carbocycles. The van der Waals surface area contributed by atoms with Crippen LogP contribution in [0.25, 0.3) is 0 Å². The molecule has 8 N–H and O–H groups in total. The van der Waals surface area contributed by atoms with Gasteiger partial charge >= 0.3 is 0 Å². The van der Waals surface area contributed by atoms with E-state index < -0.39 is 11.3 Å². The first-order chi connectivity index (χ1) is 7.41. The molecule has 2 saturated carbocycles. The summed E-state index contributed by atoms with van der Waals surface area (Å²) >= 11 is 0. The zero-order chi connectivity index (χ0) is 11.8. The van der Waals surface area contributed by atoms with Gasteiger partial charge in [0, 0.05) is 0 Å². The third kappa shape index (κ3) is 2.56. The van der Waals surface area contributed by atoms with Crippen molar-refractivity contribution in [3.8, 4) is 0 Å². The first-order valence-corrected chi connectivity index (χ1v) is 6.56. The normalized spacial score (nSPS) is 34.9. The van der Waals surface area contributed by atoms with E-state index in [-0.39, 0.29) is 0 Å². The molecule has 0 aromatic heterocycles. The molecule has 2 fully saturated rings. The third-order valence-electron chi connectivity index (χ3n) is 4.60. The molecule has 4 nitrogen and oxygen atoms in total. The molecule has 16 heavy (non-hydrogen) atoms. The van der Waals surface area contributed by atoms with E-state index in [0.717, 1.165) is 32.1 Å². The highest BCUT2D eigenvalue weighted by molar-refractivity contribution is 4.96. The van der Waals surface area contributed by atoms with Crippen LogP contribution in [0.2, 0.25) is 0 Å². The minimum absolute atomic E-state index is 0.447. The molecule has 0 bridgehead atoms. The molecule has 0 heterocycles. The van der Waals surface area contributed by atoms with Gasteiger partial charge in [-0.15, -0.1) is 0 Å². The van der Waals surface area contributed by atoms with E-state index in [1.54, 1.807) is 0 Å². The average Bonchev–Trinajstić information content (AvgIpc) is 2.18. The Kier molecular flexibility index (Phi) is 3.27. The fourth-order valence-corrected chi connectivity index (χ4v) is 3.50. The summed E-state index contributed by atoms with van der Waals surface area (Å²) in [5, 5.41) is 0. The lowest BCUT2D eigenvalue weighted by Gasteiger charge is -2.46. The van der Waals surface area contributed by atoms with E-state index in [4.69, 9.17) is 22.9 Å². The van der Waals surface area contributed by atoms with E-state index >= 15 is 0 Å². The molecule has 0 radical (unpaired) electrons. The summed E-state index contributed by atoms with van der Waals surface area (Å²) in [5.41, 5.74) is 23.5. The summed E-state index contributed by atoms with van der Waals surface area (Å²) in [7, 11) is 0.